The summed E-state index contributed by atoms with van der Waals surface area (Å²) in [6.07, 6.45) is 0. The van der Waals surface area contributed by atoms with Crippen molar-refractivity contribution in [3.8, 4) is 0 Å². The number of hydrogen-bond donors (Lipinski definition) is 2. The zero-order valence-electron chi connectivity index (χ0n) is 10.6. The fourth-order valence-corrected chi connectivity index (χ4v) is 1.56. The summed E-state index contributed by atoms with van der Waals surface area (Å²) in [4.78, 5) is 0. The van der Waals surface area contributed by atoms with Crippen molar-refractivity contribution >= 4 is 23.3 Å². The fourth-order valence-electron chi connectivity index (χ4n) is 1.38. The van der Waals surface area contributed by atoms with Crippen LogP contribution >= 0.6 is 11.6 Å². The minimum atomic E-state index is -0.552. The quantitative estimate of drug-likeness (QED) is 0.883. The molecule has 102 valence electrons. The van der Waals surface area contributed by atoms with Gasteiger partial charge in [0.25, 0.3) is 0 Å². The Morgan fingerprint density at radius 1 is 1.37 bits per heavy atom. The summed E-state index contributed by atoms with van der Waals surface area (Å²) >= 11 is 5.68. The summed E-state index contributed by atoms with van der Waals surface area (Å²) in [6, 6.07) is 5.08. The largest absolute Gasteiger partial charge is 0.406 e. The molecule has 0 aliphatic rings. The lowest BCUT2D eigenvalue weighted by Gasteiger charge is -2.04. The minimum Gasteiger partial charge on any atom is -0.406 e. The second-order valence-corrected chi connectivity index (χ2v) is 4.67. The van der Waals surface area contributed by atoms with Gasteiger partial charge in [-0.25, -0.2) is 4.39 Å². The molecular weight excluding hydrogens is 271 g/mol. The van der Waals surface area contributed by atoms with Crippen molar-refractivity contribution < 1.29 is 8.81 Å². The van der Waals surface area contributed by atoms with Crippen molar-refractivity contribution in [1.82, 2.24) is 15.5 Å². The molecule has 0 saturated carbocycles. The van der Waals surface area contributed by atoms with Gasteiger partial charge in [-0.2, -0.15) is 0 Å². The first-order chi connectivity index (χ1) is 9.06. The minimum absolute atomic E-state index is 0.0335. The number of halogens is 2. The number of nitrogens with zero attached hydrogens (tertiary/aromatic N) is 2. The molecule has 5 nitrogen and oxygen atoms in total. The average molecular weight is 285 g/mol. The van der Waals surface area contributed by atoms with Gasteiger partial charge in [0.15, 0.2) is 5.82 Å². The Balaban J connectivity index is 2.05. The van der Waals surface area contributed by atoms with Gasteiger partial charge in [-0.05, 0) is 12.1 Å². The molecule has 19 heavy (non-hydrogen) atoms. The van der Waals surface area contributed by atoms with Gasteiger partial charge in [0.05, 0.1) is 17.3 Å². The molecule has 0 bridgehead atoms. The molecule has 0 aliphatic carbocycles. The van der Waals surface area contributed by atoms with Crippen LogP contribution in [0.3, 0.4) is 0 Å². The molecule has 0 amide bonds. The van der Waals surface area contributed by atoms with Crippen molar-refractivity contribution in [1.29, 1.82) is 0 Å². The molecule has 1 heterocycles. The maximum atomic E-state index is 13.7. The van der Waals surface area contributed by atoms with E-state index in [1.165, 1.54) is 12.1 Å². The molecule has 1 aromatic heterocycles. The Kier molecular flexibility index (Phi) is 4.34. The first-order valence-electron chi connectivity index (χ1n) is 5.83. The molecule has 0 aliphatic heterocycles. The van der Waals surface area contributed by atoms with Crippen LogP contribution in [0, 0.1) is 5.82 Å². The summed E-state index contributed by atoms with van der Waals surface area (Å²) in [5, 5.41) is 13.5. The Morgan fingerprint density at radius 2 is 2.16 bits per heavy atom. The van der Waals surface area contributed by atoms with Gasteiger partial charge in [0.2, 0.25) is 5.89 Å². The van der Waals surface area contributed by atoms with Gasteiger partial charge in [-0.3, -0.25) is 0 Å². The van der Waals surface area contributed by atoms with E-state index in [4.69, 9.17) is 16.0 Å². The Labute approximate surface area is 115 Å². The third kappa shape index (κ3) is 3.65. The Morgan fingerprint density at radius 3 is 2.89 bits per heavy atom. The normalized spacial score (nSPS) is 11.0. The van der Waals surface area contributed by atoms with E-state index in [2.05, 4.69) is 20.8 Å². The molecule has 0 saturated heterocycles. The van der Waals surface area contributed by atoms with Gasteiger partial charge in [-0.1, -0.05) is 36.6 Å². The van der Waals surface area contributed by atoms with Gasteiger partial charge in [-0.15, -0.1) is 5.10 Å². The zero-order valence-corrected chi connectivity index (χ0v) is 11.3. The summed E-state index contributed by atoms with van der Waals surface area (Å²) in [5.74, 6) is -0.122. The number of benzene rings is 1. The molecule has 7 heteroatoms. The van der Waals surface area contributed by atoms with Crippen LogP contribution < -0.4 is 10.6 Å². The van der Waals surface area contributed by atoms with Gasteiger partial charge >= 0.3 is 6.01 Å². The highest BCUT2D eigenvalue weighted by Gasteiger charge is 2.10. The highest BCUT2D eigenvalue weighted by Crippen LogP contribution is 2.24. The van der Waals surface area contributed by atoms with Crippen LogP contribution in [-0.4, -0.2) is 16.2 Å². The molecule has 0 radical (unpaired) electrons. The molecule has 2 N–H and O–H groups in total. The van der Waals surface area contributed by atoms with Crippen LogP contribution in [0.15, 0.2) is 22.6 Å². The number of aromatic nitrogens is 2. The van der Waals surface area contributed by atoms with Crippen molar-refractivity contribution in [2.24, 2.45) is 0 Å². The van der Waals surface area contributed by atoms with E-state index in [9.17, 15) is 4.39 Å². The second-order valence-electron chi connectivity index (χ2n) is 4.26. The summed E-state index contributed by atoms with van der Waals surface area (Å²) < 4.78 is 19.0. The van der Waals surface area contributed by atoms with Crippen LogP contribution in [0.1, 0.15) is 19.7 Å². The van der Waals surface area contributed by atoms with Gasteiger partial charge < -0.3 is 15.1 Å². The molecule has 0 fully saturated rings. The smallest absolute Gasteiger partial charge is 0.320 e. The van der Waals surface area contributed by atoms with E-state index < -0.39 is 5.82 Å². The zero-order chi connectivity index (χ0) is 13.8. The van der Waals surface area contributed by atoms with Gasteiger partial charge in [0, 0.05) is 6.04 Å². The highest BCUT2D eigenvalue weighted by molar-refractivity contribution is 6.31. The maximum Gasteiger partial charge on any atom is 0.320 e. The lowest BCUT2D eigenvalue weighted by atomic mass is 10.3. The van der Waals surface area contributed by atoms with Crippen molar-refractivity contribution in [2.45, 2.75) is 26.4 Å². The first-order valence-corrected chi connectivity index (χ1v) is 6.21. The van der Waals surface area contributed by atoms with Crippen LogP contribution in [0.25, 0.3) is 0 Å². The van der Waals surface area contributed by atoms with E-state index in [0.29, 0.717) is 18.5 Å². The predicted molar refractivity (Wildman–Crippen MR) is 71.0 cm³/mol. The number of anilines is 2. The molecule has 0 unspecified atom stereocenters. The van der Waals surface area contributed by atoms with Crippen LogP contribution in [-0.2, 0) is 6.54 Å². The molecule has 2 aromatic rings. The van der Waals surface area contributed by atoms with Gasteiger partial charge in [0.1, 0.15) is 0 Å². The first kappa shape index (κ1) is 13.8. The number of rotatable bonds is 5. The van der Waals surface area contributed by atoms with Crippen LogP contribution in [0.4, 0.5) is 16.1 Å². The topological polar surface area (TPSA) is 63.0 Å². The van der Waals surface area contributed by atoms with Crippen LogP contribution in [0.5, 0.6) is 0 Å². The van der Waals surface area contributed by atoms with Crippen LogP contribution in [0.2, 0.25) is 5.02 Å². The van der Waals surface area contributed by atoms with E-state index in [0.717, 1.165) is 0 Å². The predicted octanol–water partition coefficient (Wildman–Crippen LogP) is 3.10. The highest BCUT2D eigenvalue weighted by atomic mass is 35.5. The Bertz CT molecular complexity index is 558. The molecular formula is C12H14ClFN4O. The second kappa shape index (κ2) is 5.99. The summed E-state index contributed by atoms with van der Waals surface area (Å²) in [7, 11) is 0. The van der Waals surface area contributed by atoms with Crippen molar-refractivity contribution in [2.75, 3.05) is 5.32 Å². The van der Waals surface area contributed by atoms with Crippen molar-refractivity contribution in [3.05, 3.63) is 34.9 Å². The standard InChI is InChI=1S/C12H14ClFN4O/c1-7(2)15-6-10-17-18-12(19-10)16-9-5-3-4-8(13)11(9)14/h3-5,7,15H,6H2,1-2H3,(H,16,18). The Hall–Kier alpha value is -1.66. The summed E-state index contributed by atoms with van der Waals surface area (Å²) in [6.45, 7) is 4.48. The monoisotopic (exact) mass is 284 g/mol. The van der Waals surface area contributed by atoms with E-state index >= 15 is 0 Å². The van der Waals surface area contributed by atoms with Crippen molar-refractivity contribution in [3.63, 3.8) is 0 Å². The molecule has 1 aromatic carbocycles. The average Bonchev–Trinajstić information content (AvgIpc) is 2.80. The summed E-state index contributed by atoms with van der Waals surface area (Å²) in [5.41, 5.74) is 0.194. The molecule has 0 spiro atoms. The number of hydrogen-bond acceptors (Lipinski definition) is 5. The molecule has 2 rings (SSSR count). The van der Waals surface area contributed by atoms with E-state index in [-0.39, 0.29) is 16.7 Å². The lowest BCUT2D eigenvalue weighted by Crippen LogP contribution is -2.21. The number of nitrogens with one attached hydrogen (secondary N) is 2. The lowest BCUT2D eigenvalue weighted by molar-refractivity contribution is 0.460. The SMILES string of the molecule is CC(C)NCc1nnc(Nc2cccc(Cl)c2F)o1. The fraction of sp³-hybridized carbons (Fsp3) is 0.333. The third-order valence-electron chi connectivity index (χ3n) is 2.32. The maximum absolute atomic E-state index is 13.7. The van der Waals surface area contributed by atoms with E-state index in [1.807, 2.05) is 13.8 Å². The molecule has 0 atom stereocenters. The third-order valence-corrected chi connectivity index (χ3v) is 2.61. The van der Waals surface area contributed by atoms with E-state index in [1.54, 1.807) is 6.07 Å².